The summed E-state index contributed by atoms with van der Waals surface area (Å²) in [6, 6.07) is 3.34. The van der Waals surface area contributed by atoms with E-state index >= 15 is 0 Å². The Kier molecular flexibility index (Phi) is 2.84. The molecule has 1 unspecified atom stereocenters. The average Bonchev–Trinajstić information content (AvgIpc) is 2.77. The summed E-state index contributed by atoms with van der Waals surface area (Å²) >= 11 is 11.6. The van der Waals surface area contributed by atoms with Gasteiger partial charge in [-0.2, -0.15) is 0 Å². The molecule has 1 aromatic rings. The minimum atomic E-state index is -0.261. The molecule has 1 N–H and O–H groups in total. The molecule has 1 heterocycles. The molecule has 5 heteroatoms. The molecule has 1 saturated carbocycles. The zero-order valence-electron chi connectivity index (χ0n) is 9.05. The van der Waals surface area contributed by atoms with Gasteiger partial charge in [-0.3, -0.25) is 4.79 Å². The molecule has 0 aliphatic heterocycles. The number of carbonyl (C=O) groups is 1. The van der Waals surface area contributed by atoms with E-state index in [1.165, 1.54) is 0 Å². The Labute approximate surface area is 104 Å². The van der Waals surface area contributed by atoms with Crippen molar-refractivity contribution in [3.05, 3.63) is 28.0 Å². The maximum atomic E-state index is 11.8. The van der Waals surface area contributed by atoms with Crippen LogP contribution in [-0.2, 0) is 0 Å². The van der Waals surface area contributed by atoms with Crippen molar-refractivity contribution in [2.45, 2.75) is 26.3 Å². The second-order valence-electron chi connectivity index (χ2n) is 4.68. The van der Waals surface area contributed by atoms with Crippen LogP contribution in [-0.4, -0.2) is 16.9 Å². The number of nitrogens with zero attached hydrogens (tertiary/aromatic N) is 1. The second kappa shape index (κ2) is 3.90. The van der Waals surface area contributed by atoms with Gasteiger partial charge in [0.05, 0.1) is 5.02 Å². The Hall–Kier alpha value is -0.800. The first kappa shape index (κ1) is 11.7. The van der Waals surface area contributed by atoms with Gasteiger partial charge < -0.3 is 5.32 Å². The number of hydrogen-bond acceptors (Lipinski definition) is 2. The van der Waals surface area contributed by atoms with Crippen molar-refractivity contribution in [2.75, 3.05) is 0 Å². The Morgan fingerprint density at radius 3 is 2.69 bits per heavy atom. The SMILES string of the molecule is CC1(C)CC1NC(=O)c1nc(Cl)ccc1Cl. The average molecular weight is 259 g/mol. The predicted molar refractivity (Wildman–Crippen MR) is 63.9 cm³/mol. The molecule has 2 rings (SSSR count). The molecule has 0 bridgehead atoms. The predicted octanol–water partition coefficient (Wildman–Crippen LogP) is 2.92. The van der Waals surface area contributed by atoms with E-state index in [0.717, 1.165) is 6.42 Å². The largest absolute Gasteiger partial charge is 0.347 e. The van der Waals surface area contributed by atoms with Crippen LogP contribution in [0.5, 0.6) is 0 Å². The highest BCUT2D eigenvalue weighted by molar-refractivity contribution is 6.34. The zero-order valence-corrected chi connectivity index (χ0v) is 10.6. The van der Waals surface area contributed by atoms with Crippen molar-refractivity contribution in [1.29, 1.82) is 0 Å². The number of amides is 1. The van der Waals surface area contributed by atoms with Crippen molar-refractivity contribution in [3.8, 4) is 0 Å². The number of aromatic nitrogens is 1. The van der Waals surface area contributed by atoms with E-state index in [-0.39, 0.29) is 28.2 Å². The standard InChI is InChI=1S/C11H12Cl2N2O/c1-11(2)5-7(11)14-10(16)9-6(12)3-4-8(13)15-9/h3-4,7H,5H2,1-2H3,(H,14,16). The van der Waals surface area contributed by atoms with Crippen molar-refractivity contribution in [3.63, 3.8) is 0 Å². The topological polar surface area (TPSA) is 42.0 Å². The van der Waals surface area contributed by atoms with Crippen LogP contribution in [0.25, 0.3) is 0 Å². The molecule has 0 radical (unpaired) electrons. The molecule has 0 aromatic carbocycles. The quantitative estimate of drug-likeness (QED) is 0.830. The van der Waals surface area contributed by atoms with E-state index in [2.05, 4.69) is 24.1 Å². The van der Waals surface area contributed by atoms with Gasteiger partial charge in [0.25, 0.3) is 5.91 Å². The maximum absolute atomic E-state index is 11.8. The molecule has 1 aliphatic carbocycles. The first-order valence-electron chi connectivity index (χ1n) is 5.03. The molecule has 1 aliphatic rings. The lowest BCUT2D eigenvalue weighted by Crippen LogP contribution is -2.29. The summed E-state index contributed by atoms with van der Waals surface area (Å²) in [5.74, 6) is -0.261. The first-order chi connectivity index (χ1) is 7.40. The fraction of sp³-hybridized carbons (Fsp3) is 0.455. The molecule has 16 heavy (non-hydrogen) atoms. The molecular weight excluding hydrogens is 247 g/mol. The van der Waals surface area contributed by atoms with Crippen LogP contribution in [0.3, 0.4) is 0 Å². The normalized spacial score (nSPS) is 21.6. The highest BCUT2D eigenvalue weighted by atomic mass is 35.5. The van der Waals surface area contributed by atoms with Crippen LogP contribution in [0.4, 0.5) is 0 Å². The van der Waals surface area contributed by atoms with Gasteiger partial charge in [0, 0.05) is 6.04 Å². The lowest BCUT2D eigenvalue weighted by Gasteiger charge is -2.07. The highest BCUT2D eigenvalue weighted by Crippen LogP contribution is 2.44. The number of carbonyl (C=O) groups excluding carboxylic acids is 1. The monoisotopic (exact) mass is 258 g/mol. The molecule has 86 valence electrons. The van der Waals surface area contributed by atoms with E-state index < -0.39 is 0 Å². The summed E-state index contributed by atoms with van der Waals surface area (Å²) < 4.78 is 0. The van der Waals surface area contributed by atoms with Crippen LogP contribution in [0.15, 0.2) is 12.1 Å². The first-order valence-corrected chi connectivity index (χ1v) is 5.79. The van der Waals surface area contributed by atoms with Crippen molar-refractivity contribution < 1.29 is 4.79 Å². The number of nitrogens with one attached hydrogen (secondary N) is 1. The Balaban J connectivity index is 2.12. The van der Waals surface area contributed by atoms with Gasteiger partial charge in [0.2, 0.25) is 0 Å². The van der Waals surface area contributed by atoms with Gasteiger partial charge in [-0.25, -0.2) is 4.98 Å². The van der Waals surface area contributed by atoms with Gasteiger partial charge >= 0.3 is 0 Å². The summed E-state index contributed by atoms with van der Waals surface area (Å²) in [6.45, 7) is 4.20. The fourth-order valence-corrected chi connectivity index (χ4v) is 1.86. The van der Waals surface area contributed by atoms with Gasteiger partial charge in [-0.05, 0) is 24.0 Å². The molecule has 1 amide bonds. The smallest absolute Gasteiger partial charge is 0.271 e. The molecule has 1 atom stereocenters. The summed E-state index contributed by atoms with van der Waals surface area (Å²) in [5.41, 5.74) is 0.373. The Morgan fingerprint density at radius 2 is 2.12 bits per heavy atom. The van der Waals surface area contributed by atoms with Gasteiger partial charge in [-0.1, -0.05) is 37.0 Å². The molecule has 3 nitrogen and oxygen atoms in total. The van der Waals surface area contributed by atoms with Crippen LogP contribution >= 0.6 is 23.2 Å². The number of hydrogen-bond donors (Lipinski definition) is 1. The number of pyridine rings is 1. The number of rotatable bonds is 2. The van der Waals surface area contributed by atoms with E-state index in [9.17, 15) is 4.79 Å². The third-order valence-electron chi connectivity index (χ3n) is 2.85. The van der Waals surface area contributed by atoms with Crippen molar-refractivity contribution >= 4 is 29.1 Å². The molecule has 1 fully saturated rings. The van der Waals surface area contributed by atoms with Crippen LogP contribution in [0.2, 0.25) is 10.2 Å². The summed E-state index contributed by atoms with van der Waals surface area (Å²) in [7, 11) is 0. The molecule has 1 aromatic heterocycles. The Bertz CT molecular complexity index is 446. The minimum absolute atomic E-state index is 0.181. The Morgan fingerprint density at radius 1 is 1.50 bits per heavy atom. The third-order valence-corrected chi connectivity index (χ3v) is 3.36. The molecular formula is C11H12Cl2N2O. The van der Waals surface area contributed by atoms with Gasteiger partial charge in [0.1, 0.15) is 10.8 Å². The van der Waals surface area contributed by atoms with E-state index in [1.807, 2.05) is 0 Å². The summed E-state index contributed by atoms with van der Waals surface area (Å²) in [5, 5.41) is 3.47. The minimum Gasteiger partial charge on any atom is -0.347 e. The lowest BCUT2D eigenvalue weighted by atomic mass is 10.2. The van der Waals surface area contributed by atoms with E-state index in [1.54, 1.807) is 12.1 Å². The zero-order chi connectivity index (χ0) is 11.9. The highest BCUT2D eigenvalue weighted by Gasteiger charge is 2.46. The van der Waals surface area contributed by atoms with E-state index in [4.69, 9.17) is 23.2 Å². The van der Waals surface area contributed by atoms with E-state index in [0.29, 0.717) is 5.02 Å². The third kappa shape index (κ3) is 2.30. The van der Waals surface area contributed by atoms with Gasteiger partial charge in [-0.15, -0.1) is 0 Å². The van der Waals surface area contributed by atoms with Crippen LogP contribution < -0.4 is 5.32 Å². The van der Waals surface area contributed by atoms with Crippen LogP contribution in [0, 0.1) is 5.41 Å². The summed E-state index contributed by atoms with van der Waals surface area (Å²) in [6.07, 6.45) is 0.983. The van der Waals surface area contributed by atoms with Crippen molar-refractivity contribution in [1.82, 2.24) is 10.3 Å². The van der Waals surface area contributed by atoms with Crippen LogP contribution in [0.1, 0.15) is 30.8 Å². The second-order valence-corrected chi connectivity index (χ2v) is 5.48. The fourth-order valence-electron chi connectivity index (χ4n) is 1.52. The van der Waals surface area contributed by atoms with Gasteiger partial charge in [0.15, 0.2) is 0 Å². The number of halogens is 2. The van der Waals surface area contributed by atoms with Crippen molar-refractivity contribution in [2.24, 2.45) is 5.41 Å². The summed E-state index contributed by atoms with van der Waals surface area (Å²) in [4.78, 5) is 15.8. The molecule has 0 saturated heterocycles. The molecule has 0 spiro atoms. The lowest BCUT2D eigenvalue weighted by molar-refractivity contribution is 0.0941. The maximum Gasteiger partial charge on any atom is 0.271 e.